The van der Waals surface area contributed by atoms with E-state index in [1.807, 2.05) is 36.1 Å². The minimum atomic E-state index is -0.185. The maximum atomic E-state index is 13.9. The molecule has 180 valence electrons. The van der Waals surface area contributed by atoms with Gasteiger partial charge in [-0.15, -0.1) is 0 Å². The molecule has 34 heavy (non-hydrogen) atoms. The molecule has 0 aliphatic carbocycles. The first-order valence-electron chi connectivity index (χ1n) is 12.0. The van der Waals surface area contributed by atoms with E-state index in [1.165, 1.54) is 22.9 Å². The van der Waals surface area contributed by atoms with Gasteiger partial charge in [-0.05, 0) is 55.2 Å². The lowest BCUT2D eigenvalue weighted by Gasteiger charge is -2.18. The van der Waals surface area contributed by atoms with E-state index in [9.17, 15) is 9.59 Å². The zero-order valence-corrected chi connectivity index (χ0v) is 21.5. The second kappa shape index (κ2) is 10.1. The quantitative estimate of drug-likeness (QED) is 0.324. The summed E-state index contributed by atoms with van der Waals surface area (Å²) in [5, 5.41) is 1.20. The van der Waals surface area contributed by atoms with Crippen molar-refractivity contribution in [1.82, 2.24) is 18.4 Å². The number of benzene rings is 2. The second-order valence-corrected chi connectivity index (χ2v) is 10.1. The van der Waals surface area contributed by atoms with Gasteiger partial charge in [-0.3, -0.25) is 13.9 Å². The molecular formula is C27H34N4O2S. The summed E-state index contributed by atoms with van der Waals surface area (Å²) in [4.78, 5) is 26.5. The predicted octanol–water partition coefficient (Wildman–Crippen LogP) is 5.48. The molecule has 0 spiro atoms. The van der Waals surface area contributed by atoms with E-state index in [0.717, 1.165) is 46.3 Å². The highest BCUT2D eigenvalue weighted by Gasteiger charge is 2.23. The smallest absolute Gasteiger partial charge is 0.329 e. The Morgan fingerprint density at radius 1 is 1.09 bits per heavy atom. The van der Waals surface area contributed by atoms with Gasteiger partial charge >= 0.3 is 5.69 Å². The molecule has 0 saturated carbocycles. The van der Waals surface area contributed by atoms with Crippen molar-refractivity contribution in [2.75, 3.05) is 5.75 Å². The van der Waals surface area contributed by atoms with E-state index in [-0.39, 0.29) is 17.6 Å². The van der Waals surface area contributed by atoms with Gasteiger partial charge in [0.2, 0.25) is 5.91 Å². The highest BCUT2D eigenvalue weighted by atomic mass is 32.2. The molecule has 1 N–H and O–H groups in total. The van der Waals surface area contributed by atoms with Gasteiger partial charge in [0.1, 0.15) is 0 Å². The minimum absolute atomic E-state index is 0.0320. The third-order valence-corrected chi connectivity index (χ3v) is 7.15. The number of aryl methyl sites for hydroxylation is 3. The molecule has 0 aliphatic rings. The molecule has 4 rings (SSSR count). The van der Waals surface area contributed by atoms with Gasteiger partial charge in [0.25, 0.3) is 0 Å². The third kappa shape index (κ3) is 4.53. The Kier molecular flexibility index (Phi) is 7.22. The zero-order valence-electron chi connectivity index (χ0n) is 20.7. The van der Waals surface area contributed by atoms with Crippen LogP contribution in [0.4, 0.5) is 0 Å². The Balaban J connectivity index is 1.84. The van der Waals surface area contributed by atoms with Gasteiger partial charge in [0, 0.05) is 42.4 Å². The summed E-state index contributed by atoms with van der Waals surface area (Å²) >= 11 is 1.40. The Labute approximate surface area is 205 Å². The lowest BCUT2D eigenvalue weighted by molar-refractivity contribution is -0.120. The van der Waals surface area contributed by atoms with Crippen molar-refractivity contribution in [2.24, 2.45) is 7.05 Å². The first-order valence-corrected chi connectivity index (χ1v) is 13.0. The van der Waals surface area contributed by atoms with Gasteiger partial charge in [-0.1, -0.05) is 50.4 Å². The Morgan fingerprint density at radius 3 is 2.62 bits per heavy atom. The molecule has 2 aromatic heterocycles. The van der Waals surface area contributed by atoms with Crippen LogP contribution in [-0.4, -0.2) is 25.4 Å². The maximum Gasteiger partial charge on any atom is 0.329 e. The largest absolute Gasteiger partial charge is 0.350 e. The number of imidazole rings is 1. The summed E-state index contributed by atoms with van der Waals surface area (Å²) in [6.45, 7) is 8.75. The van der Waals surface area contributed by atoms with Crippen LogP contribution < -0.4 is 10.4 Å². The van der Waals surface area contributed by atoms with Gasteiger partial charge in [-0.25, -0.2) is 4.79 Å². The molecule has 0 radical (unpaired) electrons. The van der Waals surface area contributed by atoms with Crippen LogP contribution in [0.3, 0.4) is 0 Å². The predicted molar refractivity (Wildman–Crippen MR) is 143 cm³/mol. The number of nitrogens with one attached hydrogen (secondary N) is 1. The van der Waals surface area contributed by atoms with Crippen molar-refractivity contribution in [2.45, 2.75) is 59.5 Å². The fourth-order valence-electron chi connectivity index (χ4n) is 4.98. The topological polar surface area (TPSA) is 61.0 Å². The first-order chi connectivity index (χ1) is 16.3. The molecule has 1 unspecified atom stereocenters. The van der Waals surface area contributed by atoms with Crippen LogP contribution >= 0.6 is 11.9 Å². The van der Waals surface area contributed by atoms with Gasteiger partial charge in [0.15, 0.2) is 0 Å². The zero-order chi connectivity index (χ0) is 24.4. The van der Waals surface area contributed by atoms with Gasteiger partial charge < -0.3 is 9.29 Å². The molecular weight excluding hydrogens is 444 g/mol. The van der Waals surface area contributed by atoms with Crippen molar-refractivity contribution in [3.63, 3.8) is 0 Å². The van der Waals surface area contributed by atoms with Crippen molar-refractivity contribution < 1.29 is 4.79 Å². The number of fused-ring (bicyclic) bond motifs is 2. The molecule has 7 heteroatoms. The number of aromatic nitrogens is 3. The van der Waals surface area contributed by atoms with E-state index in [2.05, 4.69) is 59.7 Å². The van der Waals surface area contributed by atoms with Gasteiger partial charge in [-0.2, -0.15) is 0 Å². The number of hydrogen-bond donors (Lipinski definition) is 1. The second-order valence-electron chi connectivity index (χ2n) is 9.07. The summed E-state index contributed by atoms with van der Waals surface area (Å²) in [6.07, 6.45) is 4.08. The number of carbonyl (C=O) groups is 1. The van der Waals surface area contributed by atoms with Crippen LogP contribution in [0.5, 0.6) is 0 Å². The summed E-state index contributed by atoms with van der Waals surface area (Å²) in [6, 6.07) is 12.3. The number of amides is 1. The number of hydrogen-bond acceptors (Lipinski definition) is 3. The average Bonchev–Trinajstić information content (AvgIpc) is 3.26. The SMILES string of the molecule is CCCC(CC(=O)NSCC)n1c(=O)n(Cc2cn(C)c3cccc(C)c23)c2ccc(C)cc21. The molecule has 4 aromatic rings. The molecule has 0 bridgehead atoms. The molecule has 2 heterocycles. The van der Waals surface area contributed by atoms with Crippen LogP contribution in [0, 0.1) is 13.8 Å². The van der Waals surface area contributed by atoms with Crippen molar-refractivity contribution >= 4 is 39.8 Å². The molecule has 6 nitrogen and oxygen atoms in total. The van der Waals surface area contributed by atoms with Crippen molar-refractivity contribution in [1.29, 1.82) is 0 Å². The summed E-state index contributed by atoms with van der Waals surface area (Å²) in [5.41, 5.74) is 6.34. The standard InChI is InChI=1S/C27H34N4O2S/c1-6-9-21(15-25(32)28-34-7-2)31-24-14-18(3)12-13-22(24)30(27(31)33)17-20-16-29(5)23-11-8-10-19(4)26(20)23/h8,10-14,16,21H,6-7,9,15,17H2,1-5H3,(H,28,32). The summed E-state index contributed by atoms with van der Waals surface area (Å²) in [5.74, 6) is 0.781. The Morgan fingerprint density at radius 2 is 1.88 bits per heavy atom. The maximum absolute atomic E-state index is 13.9. The van der Waals surface area contributed by atoms with E-state index >= 15 is 0 Å². The average molecular weight is 479 g/mol. The highest BCUT2D eigenvalue weighted by molar-refractivity contribution is 7.97. The highest BCUT2D eigenvalue weighted by Crippen LogP contribution is 2.28. The van der Waals surface area contributed by atoms with Crippen molar-refractivity contribution in [3.8, 4) is 0 Å². The molecule has 1 amide bonds. The molecule has 1 atom stereocenters. The van der Waals surface area contributed by atoms with Crippen LogP contribution in [0.25, 0.3) is 21.9 Å². The minimum Gasteiger partial charge on any atom is -0.350 e. The van der Waals surface area contributed by atoms with E-state index in [1.54, 1.807) is 0 Å². The molecule has 2 aromatic carbocycles. The number of nitrogens with zero attached hydrogens (tertiary/aromatic N) is 3. The summed E-state index contributed by atoms with van der Waals surface area (Å²) < 4.78 is 8.76. The van der Waals surface area contributed by atoms with Crippen LogP contribution in [0.2, 0.25) is 0 Å². The number of carbonyl (C=O) groups excluding carboxylic acids is 1. The van der Waals surface area contributed by atoms with Crippen LogP contribution in [0.15, 0.2) is 47.4 Å². The third-order valence-electron chi connectivity index (χ3n) is 6.49. The fraction of sp³-hybridized carbons (Fsp3) is 0.407. The number of rotatable bonds is 9. The summed E-state index contributed by atoms with van der Waals surface area (Å²) in [7, 11) is 2.05. The van der Waals surface area contributed by atoms with Crippen LogP contribution in [0.1, 0.15) is 55.8 Å². The molecule has 0 saturated heterocycles. The van der Waals surface area contributed by atoms with E-state index < -0.39 is 0 Å². The Hall–Kier alpha value is -2.93. The molecule has 0 aliphatic heterocycles. The van der Waals surface area contributed by atoms with E-state index in [0.29, 0.717) is 13.0 Å². The first kappa shape index (κ1) is 24.2. The lowest BCUT2D eigenvalue weighted by Crippen LogP contribution is -2.30. The monoisotopic (exact) mass is 478 g/mol. The lowest BCUT2D eigenvalue weighted by atomic mass is 10.1. The fourth-order valence-corrected chi connectivity index (χ4v) is 5.37. The van der Waals surface area contributed by atoms with Crippen molar-refractivity contribution in [3.05, 3.63) is 69.8 Å². The van der Waals surface area contributed by atoms with Gasteiger partial charge in [0.05, 0.1) is 17.6 Å². The van der Waals surface area contributed by atoms with E-state index in [4.69, 9.17) is 0 Å². The van der Waals surface area contributed by atoms with Crippen LogP contribution in [-0.2, 0) is 18.4 Å². The Bertz CT molecular complexity index is 1400. The normalized spacial score (nSPS) is 12.5. The molecule has 0 fully saturated rings.